The van der Waals surface area contributed by atoms with E-state index in [9.17, 15) is 19.5 Å². The molecule has 10 heteroatoms. The van der Waals surface area contributed by atoms with Crippen LogP contribution in [0.3, 0.4) is 0 Å². The van der Waals surface area contributed by atoms with Gasteiger partial charge in [-0.3, -0.25) is 4.79 Å². The number of ether oxygens (including phenoxy) is 1. The molecule has 0 radical (unpaired) electrons. The van der Waals surface area contributed by atoms with E-state index in [-0.39, 0.29) is 12.3 Å². The topological polar surface area (TPSA) is 138 Å². The smallest absolute Gasteiger partial charge is 0.349 e. The minimum atomic E-state index is -1.28. The molecular formula is C17H19N5O5. The van der Waals surface area contributed by atoms with Gasteiger partial charge in [0.15, 0.2) is 6.04 Å². The Balaban J connectivity index is 2.04. The molecule has 2 heterocycles. The van der Waals surface area contributed by atoms with Gasteiger partial charge < -0.3 is 20.9 Å². The van der Waals surface area contributed by atoms with Gasteiger partial charge in [-0.1, -0.05) is 12.1 Å². The van der Waals surface area contributed by atoms with Gasteiger partial charge in [0.25, 0.3) is 0 Å². The summed E-state index contributed by atoms with van der Waals surface area (Å²) >= 11 is 0. The lowest BCUT2D eigenvalue weighted by Crippen LogP contribution is -2.47. The van der Waals surface area contributed by atoms with E-state index in [1.54, 1.807) is 13.0 Å². The predicted octanol–water partition coefficient (Wildman–Crippen LogP) is 0.654. The van der Waals surface area contributed by atoms with Crippen molar-refractivity contribution in [2.24, 2.45) is 10.8 Å². The highest BCUT2D eigenvalue weighted by Crippen LogP contribution is 2.26. The first kappa shape index (κ1) is 18.2. The lowest BCUT2D eigenvalue weighted by atomic mass is 10.1. The van der Waals surface area contributed by atoms with Gasteiger partial charge in [0.1, 0.15) is 17.6 Å². The summed E-state index contributed by atoms with van der Waals surface area (Å²) in [5, 5.41) is 17.2. The van der Waals surface area contributed by atoms with E-state index in [2.05, 4.69) is 10.4 Å². The van der Waals surface area contributed by atoms with E-state index in [0.717, 1.165) is 9.91 Å². The van der Waals surface area contributed by atoms with Crippen LogP contribution in [0, 0.1) is 0 Å². The minimum Gasteiger partial charge on any atom is -0.508 e. The second-order valence-corrected chi connectivity index (χ2v) is 6.01. The van der Waals surface area contributed by atoms with Crippen LogP contribution in [0.4, 0.5) is 9.59 Å². The van der Waals surface area contributed by atoms with Crippen molar-refractivity contribution in [1.82, 2.24) is 15.2 Å². The zero-order valence-electron chi connectivity index (χ0n) is 14.5. The first-order valence-electron chi connectivity index (χ1n) is 8.26. The number of hydrazone groups is 1. The third-order valence-corrected chi connectivity index (χ3v) is 4.17. The molecule has 10 nitrogen and oxygen atoms in total. The summed E-state index contributed by atoms with van der Waals surface area (Å²) in [6.45, 7) is 2.17. The molecule has 0 spiro atoms. The Morgan fingerprint density at radius 3 is 2.63 bits per heavy atom. The number of hydrogen-bond donors (Lipinski definition) is 3. The Labute approximate surface area is 154 Å². The largest absolute Gasteiger partial charge is 0.508 e. The number of primary amides is 1. The number of amides is 5. The third kappa shape index (κ3) is 3.68. The quantitative estimate of drug-likeness (QED) is 0.666. The lowest BCUT2D eigenvalue weighted by Gasteiger charge is -2.28. The van der Waals surface area contributed by atoms with Crippen LogP contribution in [-0.4, -0.2) is 57.9 Å². The van der Waals surface area contributed by atoms with Crippen LogP contribution in [0.1, 0.15) is 18.5 Å². The Hall–Kier alpha value is -3.56. The van der Waals surface area contributed by atoms with Gasteiger partial charge in [0, 0.05) is 13.1 Å². The molecule has 142 valence electrons. The number of nitrogens with zero attached hydrogens (tertiary/aromatic N) is 3. The Bertz CT molecular complexity index is 820. The number of imide groups is 1. The molecule has 0 bridgehead atoms. The number of benzene rings is 1. The number of nitrogens with one attached hydrogen (secondary N) is 1. The van der Waals surface area contributed by atoms with Gasteiger partial charge in [0.2, 0.25) is 5.91 Å². The van der Waals surface area contributed by atoms with E-state index in [0.29, 0.717) is 17.8 Å². The SMILES string of the molecule is CC1OC=CC1=NN(C(=O)N1CCNC1=O)C(C(N)=O)c1ccc(O)cc1. The van der Waals surface area contributed by atoms with Crippen LogP contribution in [0.15, 0.2) is 41.7 Å². The monoisotopic (exact) mass is 373 g/mol. The zero-order valence-corrected chi connectivity index (χ0v) is 14.5. The molecular weight excluding hydrogens is 354 g/mol. The summed E-state index contributed by atoms with van der Waals surface area (Å²) in [4.78, 5) is 38.1. The molecule has 3 rings (SSSR count). The fraction of sp³-hybridized carbons (Fsp3) is 0.294. The zero-order chi connectivity index (χ0) is 19.6. The van der Waals surface area contributed by atoms with Crippen molar-refractivity contribution >= 4 is 23.7 Å². The normalized spacial score (nSPS) is 21.1. The number of rotatable bonds is 4. The lowest BCUT2D eigenvalue weighted by molar-refractivity contribution is -0.122. The van der Waals surface area contributed by atoms with Crippen LogP contribution in [0.2, 0.25) is 0 Å². The van der Waals surface area contributed by atoms with Gasteiger partial charge in [-0.15, -0.1) is 0 Å². The highest BCUT2D eigenvalue weighted by Gasteiger charge is 2.38. The van der Waals surface area contributed by atoms with Crippen molar-refractivity contribution in [3.63, 3.8) is 0 Å². The Kier molecular flexibility index (Phi) is 4.97. The molecule has 0 saturated carbocycles. The van der Waals surface area contributed by atoms with E-state index in [1.807, 2.05) is 0 Å². The molecule has 1 aromatic carbocycles. The van der Waals surface area contributed by atoms with E-state index < -0.39 is 30.1 Å². The van der Waals surface area contributed by atoms with Gasteiger partial charge >= 0.3 is 12.1 Å². The van der Waals surface area contributed by atoms with Crippen LogP contribution < -0.4 is 11.1 Å². The number of phenolic OH excluding ortho intramolecular Hbond substituents is 1. The van der Waals surface area contributed by atoms with Crippen molar-refractivity contribution in [1.29, 1.82) is 0 Å². The van der Waals surface area contributed by atoms with Crippen molar-refractivity contribution in [3.05, 3.63) is 42.2 Å². The molecule has 2 aliphatic heterocycles. The Morgan fingerprint density at radius 2 is 2.11 bits per heavy atom. The van der Waals surface area contributed by atoms with Gasteiger partial charge in [0.05, 0.1) is 6.26 Å². The van der Waals surface area contributed by atoms with Crippen molar-refractivity contribution in [2.75, 3.05) is 13.1 Å². The maximum atomic E-state index is 13.0. The average Bonchev–Trinajstić information content (AvgIpc) is 3.23. The summed E-state index contributed by atoms with van der Waals surface area (Å²) in [5.74, 6) is -0.848. The minimum absolute atomic E-state index is 0.00849. The second kappa shape index (κ2) is 7.36. The number of carbonyl (C=O) groups excluding carboxylic acids is 3. The second-order valence-electron chi connectivity index (χ2n) is 6.01. The molecule has 1 saturated heterocycles. The average molecular weight is 373 g/mol. The maximum absolute atomic E-state index is 13.0. The number of aromatic hydroxyl groups is 1. The standard InChI is InChI=1S/C17H19N5O5/c1-10-13(6-9-27-10)20-22(17(26)21-8-7-19-16(21)25)14(15(18)24)11-2-4-12(23)5-3-11/h2-6,9-10,14,23H,7-8H2,1H3,(H2,18,24)(H,19,25). The number of hydrogen-bond acceptors (Lipinski definition) is 6. The molecule has 0 aromatic heterocycles. The van der Waals surface area contributed by atoms with Gasteiger partial charge in [-0.25, -0.2) is 14.5 Å². The van der Waals surface area contributed by atoms with Crippen molar-refractivity contribution < 1.29 is 24.2 Å². The summed E-state index contributed by atoms with van der Waals surface area (Å²) in [6, 6.07) is 3.00. The van der Waals surface area contributed by atoms with Crippen LogP contribution >= 0.6 is 0 Å². The molecule has 2 unspecified atom stereocenters. The number of urea groups is 2. The van der Waals surface area contributed by atoms with Gasteiger partial charge in [-0.2, -0.15) is 10.1 Å². The molecule has 2 atom stereocenters. The third-order valence-electron chi connectivity index (χ3n) is 4.17. The maximum Gasteiger partial charge on any atom is 0.349 e. The molecule has 1 aromatic rings. The molecule has 4 N–H and O–H groups in total. The molecule has 0 aliphatic carbocycles. The summed E-state index contributed by atoms with van der Waals surface area (Å²) in [5.41, 5.74) is 6.29. The summed E-state index contributed by atoms with van der Waals surface area (Å²) in [6.07, 6.45) is 2.55. The summed E-state index contributed by atoms with van der Waals surface area (Å²) in [7, 11) is 0. The predicted molar refractivity (Wildman–Crippen MR) is 94.5 cm³/mol. The number of nitrogens with two attached hydrogens (primary N) is 1. The fourth-order valence-electron chi connectivity index (χ4n) is 2.74. The van der Waals surface area contributed by atoms with Gasteiger partial charge in [-0.05, 0) is 30.7 Å². The number of carbonyl (C=O) groups is 3. The molecule has 1 fully saturated rings. The van der Waals surface area contributed by atoms with E-state index in [1.165, 1.54) is 30.5 Å². The highest BCUT2D eigenvalue weighted by atomic mass is 16.5. The number of phenols is 1. The summed E-state index contributed by atoms with van der Waals surface area (Å²) < 4.78 is 5.26. The Morgan fingerprint density at radius 1 is 1.41 bits per heavy atom. The fourth-order valence-corrected chi connectivity index (χ4v) is 2.74. The van der Waals surface area contributed by atoms with Crippen LogP contribution in [0.5, 0.6) is 5.75 Å². The molecule has 5 amide bonds. The van der Waals surface area contributed by atoms with E-state index >= 15 is 0 Å². The van der Waals surface area contributed by atoms with E-state index in [4.69, 9.17) is 10.5 Å². The van der Waals surface area contributed by atoms with Crippen molar-refractivity contribution in [3.8, 4) is 5.75 Å². The van der Waals surface area contributed by atoms with Crippen LogP contribution in [0.25, 0.3) is 0 Å². The molecule has 2 aliphatic rings. The molecule has 27 heavy (non-hydrogen) atoms. The first-order chi connectivity index (χ1) is 12.9. The first-order valence-corrected chi connectivity index (χ1v) is 8.26. The highest BCUT2D eigenvalue weighted by molar-refractivity contribution is 6.02. The van der Waals surface area contributed by atoms with Crippen molar-refractivity contribution in [2.45, 2.75) is 19.1 Å². The van der Waals surface area contributed by atoms with Crippen LogP contribution in [-0.2, 0) is 9.53 Å².